The number of rotatable bonds is 2. The SMILES string of the molecule is Cc1ccc(NC(=O)[C@@H]2CC(=O)N=C(N=C(N)N)S2)cc1. The zero-order valence-corrected chi connectivity index (χ0v) is 12.2. The number of aliphatic imine (C=N–C) groups is 2. The second kappa shape index (κ2) is 6.40. The fraction of sp³-hybridized carbons (Fsp3) is 0.231. The molecule has 0 unspecified atom stereocenters. The van der Waals surface area contributed by atoms with E-state index in [2.05, 4.69) is 15.3 Å². The van der Waals surface area contributed by atoms with E-state index in [1.807, 2.05) is 19.1 Å². The van der Waals surface area contributed by atoms with Crippen LogP contribution in [0.5, 0.6) is 0 Å². The molecule has 0 radical (unpaired) electrons. The molecule has 8 heteroatoms. The molecule has 2 amide bonds. The minimum Gasteiger partial charge on any atom is -0.370 e. The lowest BCUT2D eigenvalue weighted by Gasteiger charge is -2.18. The van der Waals surface area contributed by atoms with Gasteiger partial charge in [0, 0.05) is 5.69 Å². The summed E-state index contributed by atoms with van der Waals surface area (Å²) in [6, 6.07) is 7.38. The third kappa shape index (κ3) is 4.32. The Hall–Kier alpha value is -2.35. The first-order valence-electron chi connectivity index (χ1n) is 6.19. The summed E-state index contributed by atoms with van der Waals surface area (Å²) in [5.41, 5.74) is 12.3. The van der Waals surface area contributed by atoms with Gasteiger partial charge in [-0.15, -0.1) is 0 Å². The normalized spacial score (nSPS) is 17.9. The van der Waals surface area contributed by atoms with Gasteiger partial charge in [-0.05, 0) is 19.1 Å². The third-order valence-corrected chi connectivity index (χ3v) is 3.72. The van der Waals surface area contributed by atoms with Crippen molar-refractivity contribution in [3.8, 4) is 0 Å². The van der Waals surface area contributed by atoms with E-state index in [9.17, 15) is 9.59 Å². The smallest absolute Gasteiger partial charge is 0.249 e. The molecule has 7 nitrogen and oxygen atoms in total. The third-order valence-electron chi connectivity index (χ3n) is 2.66. The van der Waals surface area contributed by atoms with Crippen molar-refractivity contribution in [3.05, 3.63) is 29.8 Å². The van der Waals surface area contributed by atoms with Crippen LogP contribution in [0.1, 0.15) is 12.0 Å². The van der Waals surface area contributed by atoms with Crippen LogP contribution in [0, 0.1) is 6.92 Å². The number of carbonyl (C=O) groups is 2. The quantitative estimate of drug-likeness (QED) is 0.545. The molecule has 0 bridgehead atoms. The van der Waals surface area contributed by atoms with Crippen molar-refractivity contribution in [2.75, 3.05) is 5.32 Å². The molecule has 110 valence electrons. The number of aryl methyl sites for hydroxylation is 1. The summed E-state index contributed by atoms with van der Waals surface area (Å²) in [5.74, 6) is -0.901. The van der Waals surface area contributed by atoms with Crippen molar-refractivity contribution in [2.24, 2.45) is 21.5 Å². The second-order valence-corrected chi connectivity index (χ2v) is 5.66. The van der Waals surface area contributed by atoms with Crippen LogP contribution in [0.15, 0.2) is 34.3 Å². The molecule has 1 aliphatic heterocycles. The van der Waals surface area contributed by atoms with Crippen molar-refractivity contribution >= 4 is 40.4 Å². The van der Waals surface area contributed by atoms with E-state index in [0.29, 0.717) is 5.69 Å². The fourth-order valence-corrected chi connectivity index (χ4v) is 2.63. The molecule has 0 aliphatic carbocycles. The molecule has 0 fully saturated rings. The van der Waals surface area contributed by atoms with Crippen LogP contribution in [-0.4, -0.2) is 28.2 Å². The highest BCUT2D eigenvalue weighted by atomic mass is 32.2. The van der Waals surface area contributed by atoms with Gasteiger partial charge in [0.15, 0.2) is 11.1 Å². The number of amidine groups is 1. The van der Waals surface area contributed by atoms with Crippen LogP contribution < -0.4 is 16.8 Å². The van der Waals surface area contributed by atoms with Crippen molar-refractivity contribution in [2.45, 2.75) is 18.6 Å². The van der Waals surface area contributed by atoms with Gasteiger partial charge in [0.25, 0.3) is 0 Å². The number of amides is 2. The molecule has 1 aromatic carbocycles. The molecule has 21 heavy (non-hydrogen) atoms. The molecule has 5 N–H and O–H groups in total. The minimum atomic E-state index is -0.602. The summed E-state index contributed by atoms with van der Waals surface area (Å²) in [5, 5.41) is 2.26. The summed E-state index contributed by atoms with van der Waals surface area (Å²) < 4.78 is 0. The predicted octanol–water partition coefficient (Wildman–Crippen LogP) is 0.595. The number of benzene rings is 1. The van der Waals surface area contributed by atoms with Crippen molar-refractivity contribution in [1.82, 2.24) is 0 Å². The molecule has 1 aromatic rings. The number of anilines is 1. The van der Waals surface area contributed by atoms with Crippen LogP contribution in [0.4, 0.5) is 5.69 Å². The van der Waals surface area contributed by atoms with E-state index in [-0.39, 0.29) is 23.5 Å². The van der Waals surface area contributed by atoms with Crippen molar-refractivity contribution in [3.63, 3.8) is 0 Å². The van der Waals surface area contributed by atoms with Gasteiger partial charge in [-0.2, -0.15) is 9.98 Å². The van der Waals surface area contributed by atoms with Gasteiger partial charge in [0.1, 0.15) is 5.25 Å². The average Bonchev–Trinajstić information content (AvgIpc) is 2.40. The molecule has 0 aromatic heterocycles. The minimum absolute atomic E-state index is 0.0197. The maximum absolute atomic E-state index is 12.2. The number of nitrogens with one attached hydrogen (secondary N) is 1. The van der Waals surface area contributed by atoms with Crippen LogP contribution in [0.2, 0.25) is 0 Å². The zero-order chi connectivity index (χ0) is 15.4. The lowest BCUT2D eigenvalue weighted by molar-refractivity contribution is -0.121. The second-order valence-electron chi connectivity index (χ2n) is 4.49. The highest BCUT2D eigenvalue weighted by Crippen LogP contribution is 2.24. The number of carbonyl (C=O) groups excluding carboxylic acids is 2. The largest absolute Gasteiger partial charge is 0.370 e. The Morgan fingerprint density at radius 2 is 2.05 bits per heavy atom. The molecular weight excluding hydrogens is 290 g/mol. The molecule has 0 spiro atoms. The Labute approximate surface area is 125 Å². The van der Waals surface area contributed by atoms with Gasteiger partial charge in [-0.25, -0.2) is 0 Å². The molecular formula is C13H15N5O2S. The van der Waals surface area contributed by atoms with Gasteiger partial charge in [-0.1, -0.05) is 29.5 Å². The monoisotopic (exact) mass is 305 g/mol. The Balaban J connectivity index is 2.06. The molecule has 1 atom stereocenters. The van der Waals surface area contributed by atoms with Crippen LogP contribution in [-0.2, 0) is 9.59 Å². The standard InChI is InChI=1S/C13H15N5O2S/c1-7-2-4-8(5-3-7)16-11(20)9-6-10(19)17-13(21-9)18-12(14)15/h2-5,9H,6H2,1H3,(H,16,20)(H4,14,15,17,18,19)/t9-/m0/s1. The van der Waals surface area contributed by atoms with Gasteiger partial charge in [0.2, 0.25) is 11.8 Å². The van der Waals surface area contributed by atoms with Crippen LogP contribution >= 0.6 is 11.8 Å². The average molecular weight is 305 g/mol. The molecule has 1 heterocycles. The molecule has 1 aliphatic rings. The number of nitrogens with two attached hydrogens (primary N) is 2. The molecule has 2 rings (SSSR count). The van der Waals surface area contributed by atoms with E-state index >= 15 is 0 Å². The zero-order valence-electron chi connectivity index (χ0n) is 11.4. The van der Waals surface area contributed by atoms with E-state index in [1.165, 1.54) is 0 Å². The van der Waals surface area contributed by atoms with Crippen molar-refractivity contribution < 1.29 is 9.59 Å². The topological polar surface area (TPSA) is 123 Å². The van der Waals surface area contributed by atoms with E-state index in [4.69, 9.17) is 11.5 Å². The number of nitrogens with zero attached hydrogens (tertiary/aromatic N) is 2. The molecule has 0 saturated heterocycles. The Bertz CT molecular complexity index is 620. The number of hydrogen-bond acceptors (Lipinski definition) is 4. The number of thioether (sulfide) groups is 1. The summed E-state index contributed by atoms with van der Waals surface area (Å²) in [6.07, 6.45) is 0.0197. The van der Waals surface area contributed by atoms with Gasteiger partial charge in [-0.3, -0.25) is 9.59 Å². The summed E-state index contributed by atoms with van der Waals surface area (Å²) in [7, 11) is 0. The summed E-state index contributed by atoms with van der Waals surface area (Å²) >= 11 is 1.06. The summed E-state index contributed by atoms with van der Waals surface area (Å²) in [4.78, 5) is 31.1. The number of hydrogen-bond donors (Lipinski definition) is 3. The van der Waals surface area contributed by atoms with Gasteiger partial charge < -0.3 is 16.8 Å². The summed E-state index contributed by atoms with van der Waals surface area (Å²) in [6.45, 7) is 1.96. The lowest BCUT2D eigenvalue weighted by Crippen LogP contribution is -2.32. The highest BCUT2D eigenvalue weighted by molar-refractivity contribution is 8.15. The van der Waals surface area contributed by atoms with Gasteiger partial charge >= 0.3 is 0 Å². The van der Waals surface area contributed by atoms with Crippen LogP contribution in [0.25, 0.3) is 0 Å². The first-order chi connectivity index (χ1) is 9.94. The Morgan fingerprint density at radius 3 is 2.67 bits per heavy atom. The van der Waals surface area contributed by atoms with Gasteiger partial charge in [0.05, 0.1) is 6.42 Å². The predicted molar refractivity (Wildman–Crippen MR) is 84.1 cm³/mol. The van der Waals surface area contributed by atoms with E-state index in [0.717, 1.165) is 17.3 Å². The highest BCUT2D eigenvalue weighted by Gasteiger charge is 2.29. The van der Waals surface area contributed by atoms with Crippen LogP contribution in [0.3, 0.4) is 0 Å². The maximum Gasteiger partial charge on any atom is 0.249 e. The fourth-order valence-electron chi connectivity index (χ4n) is 1.67. The first kappa shape index (κ1) is 15.0. The Kier molecular flexibility index (Phi) is 4.59. The maximum atomic E-state index is 12.2. The first-order valence-corrected chi connectivity index (χ1v) is 7.07. The van der Waals surface area contributed by atoms with Crippen molar-refractivity contribution in [1.29, 1.82) is 0 Å². The molecule has 0 saturated carbocycles. The lowest BCUT2D eigenvalue weighted by atomic mass is 10.2. The van der Waals surface area contributed by atoms with E-state index in [1.54, 1.807) is 12.1 Å². The van der Waals surface area contributed by atoms with E-state index < -0.39 is 11.2 Å². The Morgan fingerprint density at radius 1 is 1.38 bits per heavy atom. The number of guanidine groups is 1.